The summed E-state index contributed by atoms with van der Waals surface area (Å²) in [6, 6.07) is 5.10. The highest BCUT2D eigenvalue weighted by Gasteiger charge is 2.22. The van der Waals surface area contributed by atoms with Gasteiger partial charge in [0, 0.05) is 6.07 Å². The lowest BCUT2D eigenvalue weighted by Crippen LogP contribution is -2.35. The van der Waals surface area contributed by atoms with Crippen LogP contribution >= 0.6 is 0 Å². The predicted molar refractivity (Wildman–Crippen MR) is 80.4 cm³/mol. The van der Waals surface area contributed by atoms with Crippen LogP contribution in [0, 0.1) is 5.92 Å². The number of piperidine rings is 1. The van der Waals surface area contributed by atoms with Crippen molar-refractivity contribution in [3.63, 3.8) is 0 Å². The average molecular weight is 312 g/mol. The molecule has 2 aliphatic heterocycles. The molecule has 0 bridgehead atoms. The number of benzene rings is 1. The zero-order valence-corrected chi connectivity index (χ0v) is 12.6. The lowest BCUT2D eigenvalue weighted by Gasteiger charge is -2.23. The predicted octanol–water partition coefficient (Wildman–Crippen LogP) is 1.20. The molecule has 3 rings (SSSR count). The van der Waals surface area contributed by atoms with Gasteiger partial charge in [-0.2, -0.15) is 0 Å². The first-order valence-electron chi connectivity index (χ1n) is 7.23. The van der Waals surface area contributed by atoms with E-state index in [4.69, 9.17) is 9.47 Å². The molecule has 1 aromatic rings. The van der Waals surface area contributed by atoms with Crippen LogP contribution in [0.4, 0.5) is 5.69 Å². The molecule has 0 aromatic heterocycles. The van der Waals surface area contributed by atoms with Crippen LogP contribution in [0.25, 0.3) is 0 Å². The maximum Gasteiger partial charge on any atom is 0.233 e. The summed E-state index contributed by atoms with van der Waals surface area (Å²) in [5.41, 5.74) is 0.517. The monoisotopic (exact) mass is 312 g/mol. The second-order valence-corrected chi connectivity index (χ2v) is 7.22. The lowest BCUT2D eigenvalue weighted by molar-refractivity contribution is 0.171. The Morgan fingerprint density at radius 3 is 2.81 bits per heavy atom. The van der Waals surface area contributed by atoms with Crippen molar-refractivity contribution in [1.29, 1.82) is 0 Å². The average Bonchev–Trinajstić information content (AvgIpc) is 2.47. The van der Waals surface area contributed by atoms with Crippen molar-refractivity contribution in [2.45, 2.75) is 12.8 Å². The highest BCUT2D eigenvalue weighted by atomic mass is 32.2. The van der Waals surface area contributed by atoms with Gasteiger partial charge in [0.2, 0.25) is 10.0 Å². The summed E-state index contributed by atoms with van der Waals surface area (Å²) in [5.74, 6) is 1.56. The largest absolute Gasteiger partial charge is 0.486 e. The molecular formula is C14H20N2O4S. The zero-order valence-electron chi connectivity index (χ0n) is 11.8. The van der Waals surface area contributed by atoms with E-state index in [9.17, 15) is 8.42 Å². The SMILES string of the molecule is O=S(=O)(CC1CCCNC1)Nc1ccc2c(c1)OCCO2. The molecule has 1 aromatic carbocycles. The highest BCUT2D eigenvalue weighted by molar-refractivity contribution is 7.92. The first-order chi connectivity index (χ1) is 10.1. The van der Waals surface area contributed by atoms with Crippen LogP contribution in [0.2, 0.25) is 0 Å². The van der Waals surface area contributed by atoms with Gasteiger partial charge in [-0.15, -0.1) is 0 Å². The van der Waals surface area contributed by atoms with Crippen molar-refractivity contribution in [3.05, 3.63) is 18.2 Å². The van der Waals surface area contributed by atoms with Gasteiger partial charge in [0.25, 0.3) is 0 Å². The first kappa shape index (κ1) is 14.5. The number of ether oxygens (including phenoxy) is 2. The van der Waals surface area contributed by atoms with E-state index in [1.807, 2.05) is 0 Å². The molecule has 7 heteroatoms. The topological polar surface area (TPSA) is 76.7 Å². The van der Waals surface area contributed by atoms with Crippen LogP contribution in [-0.2, 0) is 10.0 Å². The Kier molecular flexibility index (Phi) is 4.21. The Bertz CT molecular complexity index is 597. The third kappa shape index (κ3) is 3.79. The van der Waals surface area contributed by atoms with Gasteiger partial charge in [-0.1, -0.05) is 0 Å². The van der Waals surface area contributed by atoms with Crippen LogP contribution in [0.15, 0.2) is 18.2 Å². The van der Waals surface area contributed by atoms with Crippen LogP contribution in [0.5, 0.6) is 11.5 Å². The van der Waals surface area contributed by atoms with Crippen molar-refractivity contribution >= 4 is 15.7 Å². The van der Waals surface area contributed by atoms with E-state index in [0.29, 0.717) is 30.4 Å². The quantitative estimate of drug-likeness (QED) is 0.873. The smallest absolute Gasteiger partial charge is 0.233 e. The van der Waals surface area contributed by atoms with Gasteiger partial charge >= 0.3 is 0 Å². The van der Waals surface area contributed by atoms with Gasteiger partial charge < -0.3 is 14.8 Å². The van der Waals surface area contributed by atoms with Crippen molar-refractivity contribution in [2.24, 2.45) is 5.92 Å². The molecular weight excluding hydrogens is 292 g/mol. The minimum atomic E-state index is -3.35. The molecule has 0 spiro atoms. The molecule has 0 radical (unpaired) electrons. The molecule has 2 aliphatic rings. The minimum Gasteiger partial charge on any atom is -0.486 e. The fourth-order valence-corrected chi connectivity index (χ4v) is 4.18. The van der Waals surface area contributed by atoms with Gasteiger partial charge in [-0.25, -0.2) is 8.42 Å². The van der Waals surface area contributed by atoms with Crippen molar-refractivity contribution in [2.75, 3.05) is 36.8 Å². The molecule has 0 aliphatic carbocycles. The van der Waals surface area contributed by atoms with E-state index >= 15 is 0 Å². The van der Waals surface area contributed by atoms with E-state index < -0.39 is 10.0 Å². The van der Waals surface area contributed by atoms with E-state index in [0.717, 1.165) is 25.9 Å². The second-order valence-electron chi connectivity index (χ2n) is 5.45. The Hall–Kier alpha value is -1.47. The van der Waals surface area contributed by atoms with Crippen molar-refractivity contribution in [1.82, 2.24) is 5.32 Å². The van der Waals surface area contributed by atoms with Crippen LogP contribution in [-0.4, -0.2) is 40.5 Å². The van der Waals surface area contributed by atoms with Gasteiger partial charge in [0.05, 0.1) is 11.4 Å². The van der Waals surface area contributed by atoms with Gasteiger partial charge in [0.1, 0.15) is 13.2 Å². The fourth-order valence-electron chi connectivity index (χ4n) is 2.70. The number of fused-ring (bicyclic) bond motifs is 1. The zero-order chi connectivity index (χ0) is 14.7. The molecule has 116 valence electrons. The minimum absolute atomic E-state index is 0.147. The van der Waals surface area contributed by atoms with Crippen molar-refractivity contribution < 1.29 is 17.9 Å². The molecule has 2 N–H and O–H groups in total. The summed E-state index contributed by atoms with van der Waals surface area (Å²) < 4.78 is 38.0. The summed E-state index contributed by atoms with van der Waals surface area (Å²) in [6.07, 6.45) is 1.99. The second kappa shape index (κ2) is 6.11. The third-order valence-corrected chi connectivity index (χ3v) is 5.13. The molecule has 6 nitrogen and oxygen atoms in total. The summed E-state index contributed by atoms with van der Waals surface area (Å²) in [4.78, 5) is 0. The number of nitrogens with one attached hydrogen (secondary N) is 2. The Morgan fingerprint density at radius 2 is 2.05 bits per heavy atom. The van der Waals surface area contributed by atoms with Gasteiger partial charge in [0.15, 0.2) is 11.5 Å². The maximum atomic E-state index is 12.2. The summed E-state index contributed by atoms with van der Waals surface area (Å²) >= 11 is 0. The van der Waals surface area contributed by atoms with Crippen LogP contribution in [0.1, 0.15) is 12.8 Å². The van der Waals surface area contributed by atoms with Gasteiger partial charge in [-0.3, -0.25) is 4.72 Å². The number of hydrogen-bond donors (Lipinski definition) is 2. The van der Waals surface area contributed by atoms with E-state index in [-0.39, 0.29) is 11.7 Å². The van der Waals surface area contributed by atoms with E-state index in [2.05, 4.69) is 10.0 Å². The van der Waals surface area contributed by atoms with E-state index in [1.54, 1.807) is 18.2 Å². The Morgan fingerprint density at radius 1 is 1.24 bits per heavy atom. The summed E-state index contributed by atoms with van der Waals surface area (Å²) in [6.45, 7) is 2.75. The molecule has 0 amide bonds. The standard InChI is InChI=1S/C14H20N2O4S/c17-21(18,10-11-2-1-5-15-9-11)16-12-3-4-13-14(8-12)20-7-6-19-13/h3-4,8,11,15-16H,1-2,5-7,9-10H2. The van der Waals surface area contributed by atoms with Crippen LogP contribution in [0.3, 0.4) is 0 Å². The van der Waals surface area contributed by atoms with Crippen LogP contribution < -0.4 is 19.5 Å². The molecule has 1 fully saturated rings. The van der Waals surface area contributed by atoms with Gasteiger partial charge in [-0.05, 0) is 44.0 Å². The molecule has 0 saturated carbocycles. The number of sulfonamides is 1. The Labute approximate surface area is 124 Å². The first-order valence-corrected chi connectivity index (χ1v) is 8.88. The lowest BCUT2D eigenvalue weighted by atomic mass is 10.0. The molecule has 21 heavy (non-hydrogen) atoms. The molecule has 1 unspecified atom stereocenters. The molecule has 2 heterocycles. The normalized spacial score (nSPS) is 21.8. The summed E-state index contributed by atoms with van der Waals surface area (Å²) in [5, 5.41) is 3.23. The maximum absolute atomic E-state index is 12.2. The van der Waals surface area contributed by atoms with Crippen molar-refractivity contribution in [3.8, 4) is 11.5 Å². The number of anilines is 1. The molecule has 1 saturated heterocycles. The highest BCUT2D eigenvalue weighted by Crippen LogP contribution is 2.33. The van der Waals surface area contributed by atoms with E-state index in [1.165, 1.54) is 0 Å². The number of rotatable bonds is 4. The summed E-state index contributed by atoms with van der Waals surface area (Å²) in [7, 11) is -3.35. The molecule has 1 atom stereocenters. The number of hydrogen-bond acceptors (Lipinski definition) is 5. The third-order valence-electron chi connectivity index (χ3n) is 3.67. The Balaban J connectivity index is 1.67. The fraction of sp³-hybridized carbons (Fsp3) is 0.571.